The van der Waals surface area contributed by atoms with Crippen molar-refractivity contribution < 1.29 is 0 Å². The highest BCUT2D eigenvalue weighted by molar-refractivity contribution is 5.71. The maximum Gasteiger partial charge on any atom is 0.0345 e. The van der Waals surface area contributed by atoms with Crippen LogP contribution in [0.15, 0.2) is 24.5 Å². The predicted octanol–water partition coefficient (Wildman–Crippen LogP) is 1.37. The van der Waals surface area contributed by atoms with Crippen molar-refractivity contribution in [2.45, 2.75) is 12.8 Å². The summed E-state index contributed by atoms with van der Waals surface area (Å²) in [6.45, 7) is 0.629. The molecule has 62 valence electrons. The number of aromatic nitrogens is 1. The van der Waals surface area contributed by atoms with Gasteiger partial charge >= 0.3 is 0 Å². The summed E-state index contributed by atoms with van der Waals surface area (Å²) in [5.41, 5.74) is 9.53. The van der Waals surface area contributed by atoms with Gasteiger partial charge in [-0.2, -0.15) is 0 Å². The van der Waals surface area contributed by atoms with E-state index in [1.165, 1.54) is 16.7 Å². The van der Waals surface area contributed by atoms with Crippen LogP contribution in [-0.2, 0) is 6.42 Å². The summed E-state index contributed by atoms with van der Waals surface area (Å²) in [6, 6.07) is 2.09. The molecule has 0 spiro atoms. The first-order valence-corrected chi connectivity index (χ1v) is 4.24. The summed E-state index contributed by atoms with van der Waals surface area (Å²) in [4.78, 5) is 4.11. The quantitative estimate of drug-likeness (QED) is 0.674. The van der Waals surface area contributed by atoms with E-state index in [0.717, 1.165) is 12.8 Å². The van der Waals surface area contributed by atoms with Crippen LogP contribution in [0.1, 0.15) is 17.5 Å². The Balaban J connectivity index is 2.43. The molecular weight excluding hydrogens is 148 g/mol. The molecule has 0 amide bonds. The lowest BCUT2D eigenvalue weighted by molar-refractivity contribution is 1.07. The summed E-state index contributed by atoms with van der Waals surface area (Å²) in [6.07, 6.45) is 8.14. The number of rotatable bonds is 1. The minimum absolute atomic E-state index is 0.629. The van der Waals surface area contributed by atoms with Crippen LogP contribution < -0.4 is 5.73 Å². The Hall–Kier alpha value is -1.15. The molecule has 0 fully saturated rings. The maximum absolute atomic E-state index is 5.47. The molecule has 1 aromatic heterocycles. The van der Waals surface area contributed by atoms with Crippen LogP contribution in [0, 0.1) is 0 Å². The molecule has 0 atom stereocenters. The second-order valence-corrected chi connectivity index (χ2v) is 3.00. The molecule has 0 radical (unpaired) electrons. The molecule has 0 aromatic carbocycles. The third-order valence-electron chi connectivity index (χ3n) is 2.29. The molecule has 1 aliphatic carbocycles. The van der Waals surface area contributed by atoms with Crippen molar-refractivity contribution in [3.05, 3.63) is 35.7 Å². The van der Waals surface area contributed by atoms with Gasteiger partial charge in [0.05, 0.1) is 0 Å². The van der Waals surface area contributed by atoms with E-state index < -0.39 is 0 Å². The monoisotopic (exact) mass is 160 g/mol. The Morgan fingerprint density at radius 3 is 3.25 bits per heavy atom. The number of allylic oxidation sites excluding steroid dienone is 1. The fourth-order valence-corrected chi connectivity index (χ4v) is 1.69. The third kappa shape index (κ3) is 1.14. The van der Waals surface area contributed by atoms with E-state index in [1.54, 1.807) is 0 Å². The zero-order chi connectivity index (χ0) is 8.39. The topological polar surface area (TPSA) is 38.9 Å². The van der Waals surface area contributed by atoms with E-state index >= 15 is 0 Å². The lowest BCUT2D eigenvalue weighted by Gasteiger charge is -1.97. The van der Waals surface area contributed by atoms with E-state index in [9.17, 15) is 0 Å². The first-order chi connectivity index (χ1) is 5.92. The minimum Gasteiger partial charge on any atom is -0.327 e. The zero-order valence-corrected chi connectivity index (χ0v) is 6.96. The number of fused-ring (bicyclic) bond motifs is 1. The van der Waals surface area contributed by atoms with Crippen LogP contribution in [-0.4, -0.2) is 11.5 Å². The molecule has 2 heteroatoms. The number of pyridine rings is 1. The molecule has 0 bridgehead atoms. The summed E-state index contributed by atoms with van der Waals surface area (Å²) >= 11 is 0. The van der Waals surface area contributed by atoms with Gasteiger partial charge in [0, 0.05) is 18.9 Å². The average molecular weight is 160 g/mol. The van der Waals surface area contributed by atoms with Crippen LogP contribution in [0.25, 0.3) is 5.57 Å². The summed E-state index contributed by atoms with van der Waals surface area (Å²) in [5, 5.41) is 0. The molecular formula is C10H12N2. The summed E-state index contributed by atoms with van der Waals surface area (Å²) < 4.78 is 0. The standard InChI is InChI=1S/C10H12N2/c11-5-3-8-1-2-9-4-6-12-7-10(8)9/h3-4,6-7H,1-2,5,11H2/b8-3+. The molecule has 12 heavy (non-hydrogen) atoms. The Morgan fingerprint density at radius 2 is 2.42 bits per heavy atom. The number of aryl methyl sites for hydroxylation is 1. The van der Waals surface area contributed by atoms with E-state index in [2.05, 4.69) is 17.1 Å². The summed E-state index contributed by atoms with van der Waals surface area (Å²) in [7, 11) is 0. The number of nitrogens with two attached hydrogens (primary N) is 1. The smallest absolute Gasteiger partial charge is 0.0345 e. The molecule has 0 saturated heterocycles. The molecule has 1 aromatic rings. The fraction of sp³-hybridized carbons (Fsp3) is 0.300. The van der Waals surface area contributed by atoms with Crippen LogP contribution in [0.3, 0.4) is 0 Å². The van der Waals surface area contributed by atoms with Crippen molar-refractivity contribution >= 4 is 5.57 Å². The number of hydrogen-bond acceptors (Lipinski definition) is 2. The molecule has 0 unspecified atom stereocenters. The largest absolute Gasteiger partial charge is 0.327 e. The first kappa shape index (κ1) is 7.50. The molecule has 0 aliphatic heterocycles. The van der Waals surface area contributed by atoms with Gasteiger partial charge in [-0.25, -0.2) is 0 Å². The van der Waals surface area contributed by atoms with Gasteiger partial charge in [0.2, 0.25) is 0 Å². The van der Waals surface area contributed by atoms with Crippen molar-refractivity contribution in [2.75, 3.05) is 6.54 Å². The van der Waals surface area contributed by atoms with Crippen molar-refractivity contribution in [1.29, 1.82) is 0 Å². The second kappa shape index (κ2) is 3.07. The molecule has 2 N–H and O–H groups in total. The lowest BCUT2D eigenvalue weighted by Crippen LogP contribution is -1.94. The highest BCUT2D eigenvalue weighted by Gasteiger charge is 2.14. The Bertz CT molecular complexity index is 315. The fourth-order valence-electron chi connectivity index (χ4n) is 1.69. The van der Waals surface area contributed by atoms with Crippen LogP contribution in [0.2, 0.25) is 0 Å². The Kier molecular flexibility index (Phi) is 1.92. The van der Waals surface area contributed by atoms with Crippen molar-refractivity contribution in [1.82, 2.24) is 4.98 Å². The highest BCUT2D eigenvalue weighted by atomic mass is 14.6. The molecule has 2 rings (SSSR count). The van der Waals surface area contributed by atoms with Gasteiger partial charge in [-0.3, -0.25) is 4.98 Å². The van der Waals surface area contributed by atoms with Gasteiger partial charge < -0.3 is 5.73 Å². The third-order valence-corrected chi connectivity index (χ3v) is 2.29. The Morgan fingerprint density at radius 1 is 1.50 bits per heavy atom. The van der Waals surface area contributed by atoms with Gasteiger partial charge in [-0.05, 0) is 35.6 Å². The normalized spacial score (nSPS) is 18.2. The highest BCUT2D eigenvalue weighted by Crippen LogP contribution is 2.30. The van der Waals surface area contributed by atoms with Gasteiger partial charge in [0.1, 0.15) is 0 Å². The van der Waals surface area contributed by atoms with Gasteiger partial charge in [-0.1, -0.05) is 6.08 Å². The predicted molar refractivity (Wildman–Crippen MR) is 49.6 cm³/mol. The number of nitrogens with zero attached hydrogens (tertiary/aromatic N) is 1. The van der Waals surface area contributed by atoms with Gasteiger partial charge in [-0.15, -0.1) is 0 Å². The zero-order valence-electron chi connectivity index (χ0n) is 6.96. The second-order valence-electron chi connectivity index (χ2n) is 3.00. The van der Waals surface area contributed by atoms with Gasteiger partial charge in [0.15, 0.2) is 0 Å². The van der Waals surface area contributed by atoms with E-state index in [-0.39, 0.29) is 0 Å². The summed E-state index contributed by atoms with van der Waals surface area (Å²) in [5.74, 6) is 0. The van der Waals surface area contributed by atoms with E-state index in [1.807, 2.05) is 12.4 Å². The van der Waals surface area contributed by atoms with Crippen molar-refractivity contribution in [2.24, 2.45) is 5.73 Å². The van der Waals surface area contributed by atoms with Crippen LogP contribution in [0.5, 0.6) is 0 Å². The first-order valence-electron chi connectivity index (χ1n) is 4.24. The number of hydrogen-bond donors (Lipinski definition) is 1. The average Bonchev–Trinajstić information content (AvgIpc) is 2.50. The van der Waals surface area contributed by atoms with Crippen molar-refractivity contribution in [3.8, 4) is 0 Å². The maximum atomic E-state index is 5.47. The lowest BCUT2D eigenvalue weighted by atomic mass is 10.1. The SMILES string of the molecule is NC/C=C1\CCc2ccncc21. The minimum atomic E-state index is 0.629. The van der Waals surface area contributed by atoms with Gasteiger partial charge in [0.25, 0.3) is 0 Å². The van der Waals surface area contributed by atoms with E-state index in [4.69, 9.17) is 5.73 Å². The molecule has 1 aliphatic rings. The van der Waals surface area contributed by atoms with E-state index in [0.29, 0.717) is 6.54 Å². The molecule has 2 nitrogen and oxygen atoms in total. The Labute approximate surface area is 72.1 Å². The molecule has 1 heterocycles. The van der Waals surface area contributed by atoms with Crippen LogP contribution >= 0.6 is 0 Å². The molecule has 0 saturated carbocycles. The van der Waals surface area contributed by atoms with Crippen molar-refractivity contribution in [3.63, 3.8) is 0 Å². The van der Waals surface area contributed by atoms with Crippen LogP contribution in [0.4, 0.5) is 0 Å².